The fraction of sp³-hybridized carbons (Fsp3) is 1.00. The lowest BCUT2D eigenvalue weighted by Crippen LogP contribution is -2.41. The van der Waals surface area contributed by atoms with Gasteiger partial charge in [-0.15, -0.1) is 0 Å². The van der Waals surface area contributed by atoms with Crippen molar-refractivity contribution in [2.45, 2.75) is 20.0 Å². The average Bonchev–Trinajstić information content (AvgIpc) is 2.48. The third kappa shape index (κ3) is 2.44. The minimum absolute atomic E-state index is 0.556. The second-order valence-corrected chi connectivity index (χ2v) is 3.67. The molecule has 0 spiro atoms. The Morgan fingerprint density at radius 1 is 1.58 bits per heavy atom. The van der Waals surface area contributed by atoms with Crippen LogP contribution in [0.15, 0.2) is 0 Å². The first-order valence-corrected chi connectivity index (χ1v) is 4.72. The highest BCUT2D eigenvalue weighted by Gasteiger charge is 2.25. The summed E-state index contributed by atoms with van der Waals surface area (Å²) < 4.78 is 5.06. The Balaban J connectivity index is 2.30. The molecule has 12 heavy (non-hydrogen) atoms. The number of rotatable bonds is 4. The maximum atomic E-state index is 5.06. The van der Waals surface area contributed by atoms with Crippen LogP contribution in [0, 0.1) is 5.92 Å². The van der Waals surface area contributed by atoms with Crippen molar-refractivity contribution in [2.24, 2.45) is 5.92 Å². The molecule has 0 aromatic rings. The molecule has 1 saturated heterocycles. The summed E-state index contributed by atoms with van der Waals surface area (Å²) in [5.41, 5.74) is 0. The maximum absolute atomic E-state index is 5.06. The van der Waals surface area contributed by atoms with Gasteiger partial charge in [-0.2, -0.15) is 0 Å². The summed E-state index contributed by atoms with van der Waals surface area (Å²) in [5.74, 6) is 0.685. The average molecular weight is 172 g/mol. The molecule has 1 heterocycles. The molecule has 0 radical (unpaired) electrons. The smallest absolute Gasteiger partial charge is 0.0622 e. The topological polar surface area (TPSA) is 24.5 Å². The number of nitrogens with one attached hydrogen (secondary N) is 1. The lowest BCUT2D eigenvalue weighted by Gasteiger charge is -2.26. The van der Waals surface area contributed by atoms with E-state index in [0.29, 0.717) is 12.1 Å². The number of nitrogens with zero attached hydrogens (tertiary/aromatic N) is 1. The van der Waals surface area contributed by atoms with E-state index in [2.05, 4.69) is 24.1 Å². The summed E-state index contributed by atoms with van der Waals surface area (Å²) in [7, 11) is 1.76. The van der Waals surface area contributed by atoms with Gasteiger partial charge in [0, 0.05) is 26.7 Å². The molecule has 0 amide bonds. The van der Waals surface area contributed by atoms with E-state index in [1.54, 1.807) is 7.11 Å². The summed E-state index contributed by atoms with van der Waals surface area (Å²) in [6, 6.07) is 0. The van der Waals surface area contributed by atoms with Gasteiger partial charge in [-0.25, -0.2) is 0 Å². The van der Waals surface area contributed by atoms with Gasteiger partial charge in [0.1, 0.15) is 0 Å². The zero-order valence-electron chi connectivity index (χ0n) is 8.34. The van der Waals surface area contributed by atoms with Gasteiger partial charge < -0.3 is 10.1 Å². The number of methoxy groups -OCH3 is 1. The van der Waals surface area contributed by atoms with Crippen molar-refractivity contribution in [1.29, 1.82) is 0 Å². The van der Waals surface area contributed by atoms with Gasteiger partial charge in [-0.05, 0) is 5.92 Å². The second kappa shape index (κ2) is 4.80. The van der Waals surface area contributed by atoms with Gasteiger partial charge in [0.15, 0.2) is 0 Å². The van der Waals surface area contributed by atoms with Crippen molar-refractivity contribution < 1.29 is 4.74 Å². The van der Waals surface area contributed by atoms with Crippen LogP contribution in [0.25, 0.3) is 0 Å². The van der Waals surface area contributed by atoms with Gasteiger partial charge in [0.05, 0.1) is 12.8 Å². The van der Waals surface area contributed by atoms with Crippen LogP contribution in [-0.4, -0.2) is 44.4 Å². The number of hydrogen-bond donors (Lipinski definition) is 1. The van der Waals surface area contributed by atoms with Gasteiger partial charge >= 0.3 is 0 Å². The van der Waals surface area contributed by atoms with Crippen molar-refractivity contribution in [3.05, 3.63) is 0 Å². The molecule has 0 aromatic heterocycles. The van der Waals surface area contributed by atoms with Crippen LogP contribution in [-0.2, 0) is 4.74 Å². The van der Waals surface area contributed by atoms with E-state index < -0.39 is 0 Å². The quantitative estimate of drug-likeness (QED) is 0.669. The van der Waals surface area contributed by atoms with Gasteiger partial charge in [-0.1, -0.05) is 13.8 Å². The molecule has 0 aliphatic carbocycles. The molecule has 3 nitrogen and oxygen atoms in total. The van der Waals surface area contributed by atoms with E-state index in [1.165, 1.54) is 0 Å². The third-order valence-corrected chi connectivity index (χ3v) is 2.36. The monoisotopic (exact) mass is 172 g/mol. The summed E-state index contributed by atoms with van der Waals surface area (Å²) >= 11 is 0. The molecule has 1 aliphatic rings. The van der Waals surface area contributed by atoms with Crippen molar-refractivity contribution in [3.63, 3.8) is 0 Å². The number of ether oxygens (including phenoxy) is 1. The lowest BCUT2D eigenvalue weighted by molar-refractivity contribution is 0.121. The first-order chi connectivity index (χ1) is 5.75. The molecular weight excluding hydrogens is 152 g/mol. The molecular formula is C9H20N2O. The fourth-order valence-electron chi connectivity index (χ4n) is 1.74. The van der Waals surface area contributed by atoms with Crippen LogP contribution in [0.4, 0.5) is 0 Å². The predicted octanol–water partition coefficient (Wildman–Crippen LogP) is 0.520. The molecule has 72 valence electrons. The van der Waals surface area contributed by atoms with E-state index in [9.17, 15) is 0 Å². The lowest BCUT2D eigenvalue weighted by atomic mass is 10.1. The Morgan fingerprint density at radius 3 is 2.92 bits per heavy atom. The van der Waals surface area contributed by atoms with Crippen LogP contribution in [0.5, 0.6) is 0 Å². The Bertz CT molecular complexity index is 128. The van der Waals surface area contributed by atoms with Crippen LogP contribution in [0.1, 0.15) is 13.8 Å². The normalized spacial score (nSPS) is 25.5. The van der Waals surface area contributed by atoms with Crippen LogP contribution in [0.3, 0.4) is 0 Å². The van der Waals surface area contributed by atoms with E-state index in [1.807, 2.05) is 0 Å². The van der Waals surface area contributed by atoms with E-state index in [4.69, 9.17) is 4.74 Å². The Kier molecular flexibility index (Phi) is 3.98. The second-order valence-electron chi connectivity index (χ2n) is 3.67. The van der Waals surface area contributed by atoms with Crippen molar-refractivity contribution >= 4 is 0 Å². The van der Waals surface area contributed by atoms with E-state index in [0.717, 1.165) is 26.2 Å². The van der Waals surface area contributed by atoms with Crippen LogP contribution >= 0.6 is 0 Å². The van der Waals surface area contributed by atoms with Crippen LogP contribution < -0.4 is 5.32 Å². The highest BCUT2D eigenvalue weighted by Crippen LogP contribution is 2.11. The minimum Gasteiger partial charge on any atom is -0.383 e. The SMILES string of the molecule is COCCN1CCNC1C(C)C. The first kappa shape index (κ1) is 9.96. The molecule has 0 aromatic carbocycles. The van der Waals surface area contributed by atoms with E-state index >= 15 is 0 Å². The molecule has 0 saturated carbocycles. The van der Waals surface area contributed by atoms with Crippen molar-refractivity contribution in [2.75, 3.05) is 33.4 Å². The van der Waals surface area contributed by atoms with Gasteiger partial charge in [0.25, 0.3) is 0 Å². The molecule has 3 heteroatoms. The summed E-state index contributed by atoms with van der Waals surface area (Å²) in [5, 5.41) is 3.49. The Hall–Kier alpha value is -0.120. The highest BCUT2D eigenvalue weighted by molar-refractivity contribution is 4.79. The van der Waals surface area contributed by atoms with Gasteiger partial charge in [-0.3, -0.25) is 4.90 Å². The molecule has 1 unspecified atom stereocenters. The third-order valence-electron chi connectivity index (χ3n) is 2.36. The zero-order chi connectivity index (χ0) is 8.97. The molecule has 1 fully saturated rings. The molecule has 0 bridgehead atoms. The summed E-state index contributed by atoms with van der Waals surface area (Å²) in [6.07, 6.45) is 0.556. The summed E-state index contributed by atoms with van der Waals surface area (Å²) in [6.45, 7) is 8.67. The molecule has 1 rings (SSSR count). The minimum atomic E-state index is 0.556. The predicted molar refractivity (Wildman–Crippen MR) is 50.1 cm³/mol. The molecule has 1 N–H and O–H groups in total. The fourth-order valence-corrected chi connectivity index (χ4v) is 1.74. The van der Waals surface area contributed by atoms with Crippen LogP contribution in [0.2, 0.25) is 0 Å². The first-order valence-electron chi connectivity index (χ1n) is 4.72. The van der Waals surface area contributed by atoms with E-state index in [-0.39, 0.29) is 0 Å². The van der Waals surface area contributed by atoms with Crippen molar-refractivity contribution in [1.82, 2.24) is 10.2 Å². The Morgan fingerprint density at radius 2 is 2.33 bits per heavy atom. The standard InChI is InChI=1S/C9H20N2O/c1-8(2)9-10-4-5-11(9)6-7-12-3/h8-10H,4-7H2,1-3H3. The molecule has 1 aliphatic heterocycles. The zero-order valence-corrected chi connectivity index (χ0v) is 8.34. The largest absolute Gasteiger partial charge is 0.383 e. The number of hydrogen-bond acceptors (Lipinski definition) is 3. The Labute approximate surface area is 75.1 Å². The van der Waals surface area contributed by atoms with Crippen molar-refractivity contribution in [3.8, 4) is 0 Å². The highest BCUT2D eigenvalue weighted by atomic mass is 16.5. The molecule has 1 atom stereocenters. The van der Waals surface area contributed by atoms with Gasteiger partial charge in [0.2, 0.25) is 0 Å². The summed E-state index contributed by atoms with van der Waals surface area (Å²) in [4.78, 5) is 2.45. The maximum Gasteiger partial charge on any atom is 0.0622 e.